The molecule has 29 heavy (non-hydrogen) atoms. The van der Waals surface area contributed by atoms with Gasteiger partial charge in [-0.25, -0.2) is 13.2 Å². The number of morpholine rings is 1. The minimum Gasteiger partial charge on any atom is -0.490 e. The largest absolute Gasteiger partial charge is 0.490 e. The Balaban J connectivity index is 1.84. The highest BCUT2D eigenvalue weighted by Crippen LogP contribution is 2.29. The molecule has 152 valence electrons. The first kappa shape index (κ1) is 20.8. The first-order valence-corrected chi connectivity index (χ1v) is 10.5. The maximum Gasteiger partial charge on any atom is 0.343 e. The summed E-state index contributed by atoms with van der Waals surface area (Å²) in [5.74, 6) is -0.316. The number of carbonyl (C=O) groups excluding carboxylic acids is 1. The summed E-state index contributed by atoms with van der Waals surface area (Å²) in [4.78, 5) is 12.6. The van der Waals surface area contributed by atoms with Crippen LogP contribution in [0.15, 0.2) is 47.4 Å². The zero-order valence-electron chi connectivity index (χ0n) is 15.8. The highest BCUT2D eigenvalue weighted by Gasteiger charge is 2.27. The van der Waals surface area contributed by atoms with Gasteiger partial charge in [0.05, 0.1) is 41.9 Å². The van der Waals surface area contributed by atoms with Crippen molar-refractivity contribution in [2.75, 3.05) is 32.9 Å². The minimum absolute atomic E-state index is 0.0127. The number of carbonyl (C=O) groups is 1. The number of esters is 1. The average Bonchev–Trinajstić information content (AvgIpc) is 2.75. The molecule has 2 aromatic rings. The summed E-state index contributed by atoms with van der Waals surface area (Å²) >= 11 is 0. The summed E-state index contributed by atoms with van der Waals surface area (Å²) in [5, 5.41) is 9.01. The van der Waals surface area contributed by atoms with Crippen LogP contribution in [-0.2, 0) is 14.8 Å². The maximum absolute atomic E-state index is 12.8. The number of ether oxygens (including phenoxy) is 3. The molecule has 0 spiro atoms. The second kappa shape index (κ2) is 9.05. The Morgan fingerprint density at radius 3 is 2.62 bits per heavy atom. The van der Waals surface area contributed by atoms with E-state index in [1.165, 1.54) is 46.8 Å². The standard InChI is InChI=1S/C20H20N2O6S/c1-2-27-19-12-15(14-21)6-7-18(19)28-20(23)16-4-3-5-17(13-16)29(24,25)22-8-10-26-11-9-22/h3-7,12-13H,2,8-11H2,1H3. The first-order chi connectivity index (χ1) is 14.0. The Bertz CT molecular complexity index is 1040. The first-order valence-electron chi connectivity index (χ1n) is 9.03. The van der Waals surface area contributed by atoms with E-state index < -0.39 is 16.0 Å². The van der Waals surface area contributed by atoms with Crippen LogP contribution in [0.25, 0.3) is 0 Å². The van der Waals surface area contributed by atoms with Gasteiger partial charge in [0.25, 0.3) is 0 Å². The van der Waals surface area contributed by atoms with E-state index in [4.69, 9.17) is 19.5 Å². The Kier molecular flexibility index (Phi) is 6.49. The van der Waals surface area contributed by atoms with Gasteiger partial charge in [-0.3, -0.25) is 0 Å². The molecule has 0 amide bonds. The molecule has 1 saturated heterocycles. The summed E-state index contributed by atoms with van der Waals surface area (Å²) in [6.07, 6.45) is 0. The molecule has 1 heterocycles. The summed E-state index contributed by atoms with van der Waals surface area (Å²) in [5.41, 5.74) is 0.456. The Labute approximate surface area is 169 Å². The van der Waals surface area contributed by atoms with Crippen molar-refractivity contribution in [2.45, 2.75) is 11.8 Å². The van der Waals surface area contributed by atoms with E-state index in [0.717, 1.165) is 0 Å². The lowest BCUT2D eigenvalue weighted by molar-refractivity contribution is 0.0724. The van der Waals surface area contributed by atoms with Crippen molar-refractivity contribution < 1.29 is 27.4 Å². The fourth-order valence-electron chi connectivity index (χ4n) is 2.81. The monoisotopic (exact) mass is 416 g/mol. The van der Waals surface area contributed by atoms with Crippen LogP contribution in [0, 0.1) is 11.3 Å². The summed E-state index contributed by atoms with van der Waals surface area (Å²) in [7, 11) is -3.73. The third-order valence-corrected chi connectivity index (χ3v) is 6.15. The predicted molar refractivity (Wildman–Crippen MR) is 103 cm³/mol. The summed E-state index contributed by atoms with van der Waals surface area (Å²) in [6.45, 7) is 3.29. The number of hydrogen-bond donors (Lipinski definition) is 0. The van der Waals surface area contributed by atoms with Gasteiger partial charge in [-0.15, -0.1) is 0 Å². The van der Waals surface area contributed by atoms with Gasteiger partial charge in [-0.1, -0.05) is 6.07 Å². The number of nitrogens with zero attached hydrogens (tertiary/aromatic N) is 2. The lowest BCUT2D eigenvalue weighted by Crippen LogP contribution is -2.40. The van der Waals surface area contributed by atoms with E-state index in [1.54, 1.807) is 6.92 Å². The van der Waals surface area contributed by atoms with Gasteiger partial charge in [0, 0.05) is 19.2 Å². The smallest absolute Gasteiger partial charge is 0.343 e. The number of benzene rings is 2. The van der Waals surface area contributed by atoms with E-state index in [2.05, 4.69) is 0 Å². The minimum atomic E-state index is -3.73. The molecule has 1 aliphatic heterocycles. The van der Waals surface area contributed by atoms with Crippen molar-refractivity contribution in [1.29, 1.82) is 5.26 Å². The zero-order valence-corrected chi connectivity index (χ0v) is 16.6. The molecule has 9 heteroatoms. The molecule has 8 nitrogen and oxygen atoms in total. The molecule has 0 aliphatic carbocycles. The predicted octanol–water partition coefficient (Wildman–Crippen LogP) is 2.20. The van der Waals surface area contributed by atoms with Gasteiger partial charge in [0.2, 0.25) is 10.0 Å². The second-order valence-electron chi connectivity index (χ2n) is 6.14. The van der Waals surface area contributed by atoms with E-state index >= 15 is 0 Å². The molecule has 0 saturated carbocycles. The number of rotatable bonds is 6. The normalized spacial score (nSPS) is 14.8. The summed E-state index contributed by atoms with van der Waals surface area (Å²) in [6, 6.07) is 12.1. The van der Waals surface area contributed by atoms with Crippen LogP contribution in [0.1, 0.15) is 22.8 Å². The van der Waals surface area contributed by atoms with Crippen LogP contribution in [-0.4, -0.2) is 51.6 Å². The molecule has 0 radical (unpaired) electrons. The van der Waals surface area contributed by atoms with Crippen LogP contribution in [0.3, 0.4) is 0 Å². The van der Waals surface area contributed by atoms with Crippen molar-refractivity contribution in [2.24, 2.45) is 0 Å². The van der Waals surface area contributed by atoms with Crippen LogP contribution < -0.4 is 9.47 Å². The quantitative estimate of drug-likeness (QED) is 0.525. The van der Waals surface area contributed by atoms with Crippen LogP contribution in [0.2, 0.25) is 0 Å². The highest BCUT2D eigenvalue weighted by atomic mass is 32.2. The Hall–Kier alpha value is -2.93. The van der Waals surface area contributed by atoms with Gasteiger partial charge in [-0.2, -0.15) is 9.57 Å². The molecule has 0 aromatic heterocycles. The fraction of sp³-hybridized carbons (Fsp3) is 0.300. The van der Waals surface area contributed by atoms with E-state index in [0.29, 0.717) is 25.4 Å². The SMILES string of the molecule is CCOc1cc(C#N)ccc1OC(=O)c1cccc(S(=O)(=O)N2CCOCC2)c1. The van der Waals surface area contributed by atoms with Gasteiger partial charge >= 0.3 is 5.97 Å². The van der Waals surface area contributed by atoms with Gasteiger partial charge < -0.3 is 14.2 Å². The average molecular weight is 416 g/mol. The van der Waals surface area contributed by atoms with Gasteiger partial charge in [0.1, 0.15) is 0 Å². The molecular formula is C20H20N2O6S. The van der Waals surface area contributed by atoms with E-state index in [1.807, 2.05) is 6.07 Å². The molecule has 0 unspecified atom stereocenters. The van der Waals surface area contributed by atoms with Crippen molar-refractivity contribution in [1.82, 2.24) is 4.31 Å². The molecule has 1 aliphatic rings. The molecule has 2 aromatic carbocycles. The fourth-order valence-corrected chi connectivity index (χ4v) is 4.26. The number of hydrogen-bond acceptors (Lipinski definition) is 7. The zero-order chi connectivity index (χ0) is 20.9. The lowest BCUT2D eigenvalue weighted by atomic mass is 10.2. The van der Waals surface area contributed by atoms with Gasteiger partial charge in [0.15, 0.2) is 11.5 Å². The van der Waals surface area contributed by atoms with E-state index in [-0.39, 0.29) is 35.0 Å². The van der Waals surface area contributed by atoms with Crippen LogP contribution in [0.5, 0.6) is 11.5 Å². The molecule has 1 fully saturated rings. The highest BCUT2D eigenvalue weighted by molar-refractivity contribution is 7.89. The Morgan fingerprint density at radius 1 is 1.17 bits per heavy atom. The molecule has 0 N–H and O–H groups in total. The number of nitriles is 1. The summed E-state index contributed by atoms with van der Waals surface area (Å²) < 4.78 is 42.9. The van der Waals surface area contributed by atoms with E-state index in [9.17, 15) is 13.2 Å². The molecule has 0 bridgehead atoms. The second-order valence-corrected chi connectivity index (χ2v) is 8.08. The molecule has 0 atom stereocenters. The third kappa shape index (κ3) is 4.74. The Morgan fingerprint density at radius 2 is 1.93 bits per heavy atom. The molecule has 3 rings (SSSR count). The lowest BCUT2D eigenvalue weighted by Gasteiger charge is -2.26. The third-order valence-electron chi connectivity index (χ3n) is 4.25. The molecular weight excluding hydrogens is 396 g/mol. The van der Waals surface area contributed by atoms with Gasteiger partial charge in [-0.05, 0) is 37.3 Å². The van der Waals surface area contributed by atoms with Crippen LogP contribution in [0.4, 0.5) is 0 Å². The van der Waals surface area contributed by atoms with Crippen molar-refractivity contribution in [3.8, 4) is 17.6 Å². The van der Waals surface area contributed by atoms with Crippen molar-refractivity contribution in [3.63, 3.8) is 0 Å². The maximum atomic E-state index is 12.8. The topological polar surface area (TPSA) is 106 Å². The van der Waals surface area contributed by atoms with Crippen molar-refractivity contribution in [3.05, 3.63) is 53.6 Å². The van der Waals surface area contributed by atoms with Crippen LogP contribution >= 0.6 is 0 Å². The number of sulfonamides is 1. The van der Waals surface area contributed by atoms with Crippen molar-refractivity contribution >= 4 is 16.0 Å².